The fourth-order valence-corrected chi connectivity index (χ4v) is 3.48. The molecule has 8 heteroatoms. The number of amides is 1. The van der Waals surface area contributed by atoms with Crippen molar-refractivity contribution >= 4 is 33.3 Å². The van der Waals surface area contributed by atoms with Gasteiger partial charge in [0.2, 0.25) is 5.91 Å². The topological polar surface area (TPSA) is 72.5 Å². The normalized spacial score (nSPS) is 14.1. The Morgan fingerprint density at radius 3 is 2.65 bits per heavy atom. The molecule has 0 atom stereocenters. The molecule has 2 aromatic carbocycles. The lowest BCUT2D eigenvalue weighted by molar-refractivity contribution is -0.116. The molecule has 3 rings (SSSR count). The van der Waals surface area contributed by atoms with E-state index in [1.807, 2.05) is 0 Å². The Morgan fingerprint density at radius 2 is 1.91 bits per heavy atom. The number of fused-ring (bicyclic) bond motifs is 1. The number of halogens is 2. The summed E-state index contributed by atoms with van der Waals surface area (Å²) in [6.45, 7) is 0. The number of aryl methyl sites for hydroxylation is 1. The first kappa shape index (κ1) is 15.8. The van der Waals surface area contributed by atoms with E-state index in [1.54, 1.807) is 0 Å². The fraction of sp³-hybridized carbons (Fsp3) is 0.133. The zero-order chi connectivity index (χ0) is 16.6. The molecule has 0 saturated heterocycles. The van der Waals surface area contributed by atoms with Crippen molar-refractivity contribution < 1.29 is 21.8 Å². The second-order valence-electron chi connectivity index (χ2n) is 4.98. The van der Waals surface area contributed by atoms with Crippen molar-refractivity contribution in [1.82, 2.24) is 0 Å². The van der Waals surface area contributed by atoms with Gasteiger partial charge in [-0.15, -0.1) is 0 Å². The molecule has 1 heterocycles. The van der Waals surface area contributed by atoms with Crippen LogP contribution in [0.2, 0.25) is 5.02 Å². The number of carbonyl (C=O) groups excluding carboxylic acids is 1. The number of benzene rings is 2. The van der Waals surface area contributed by atoms with Crippen LogP contribution in [0.3, 0.4) is 0 Å². The molecule has 1 amide bonds. The highest BCUT2D eigenvalue weighted by molar-refractivity contribution is 7.87. The molecule has 0 aliphatic carbocycles. The van der Waals surface area contributed by atoms with Gasteiger partial charge in [-0.2, -0.15) is 8.42 Å². The lowest BCUT2D eigenvalue weighted by Crippen LogP contribution is -2.19. The zero-order valence-electron chi connectivity index (χ0n) is 11.7. The van der Waals surface area contributed by atoms with E-state index < -0.39 is 15.9 Å². The van der Waals surface area contributed by atoms with Crippen molar-refractivity contribution in [1.29, 1.82) is 0 Å². The molecule has 1 N–H and O–H groups in total. The molecule has 5 nitrogen and oxygen atoms in total. The summed E-state index contributed by atoms with van der Waals surface area (Å²) in [5, 5.41) is 2.53. The second-order valence-corrected chi connectivity index (χ2v) is 6.93. The Balaban J connectivity index is 1.92. The third-order valence-corrected chi connectivity index (χ3v) is 4.88. The number of hydrogen-bond donors (Lipinski definition) is 1. The van der Waals surface area contributed by atoms with Gasteiger partial charge in [0.25, 0.3) is 0 Å². The van der Waals surface area contributed by atoms with Gasteiger partial charge >= 0.3 is 10.1 Å². The molecule has 0 fully saturated rings. The third-order valence-electron chi connectivity index (χ3n) is 3.35. The second kappa shape index (κ2) is 5.82. The van der Waals surface area contributed by atoms with Gasteiger partial charge in [-0.25, -0.2) is 4.39 Å². The minimum absolute atomic E-state index is 0.0622. The highest BCUT2D eigenvalue weighted by atomic mass is 35.5. The van der Waals surface area contributed by atoms with Gasteiger partial charge in [0.05, 0.1) is 5.02 Å². The van der Waals surface area contributed by atoms with Crippen LogP contribution in [-0.2, 0) is 21.3 Å². The number of hydrogen-bond acceptors (Lipinski definition) is 4. The maximum atomic E-state index is 13.0. The lowest BCUT2D eigenvalue weighted by Gasteiger charge is -2.17. The first-order chi connectivity index (χ1) is 10.8. The van der Waals surface area contributed by atoms with E-state index in [-0.39, 0.29) is 21.6 Å². The summed E-state index contributed by atoms with van der Waals surface area (Å²) < 4.78 is 42.6. The molecule has 0 unspecified atom stereocenters. The first-order valence-corrected chi connectivity index (χ1v) is 8.46. The van der Waals surface area contributed by atoms with E-state index in [0.29, 0.717) is 24.1 Å². The number of rotatable bonds is 3. The minimum atomic E-state index is -4.12. The highest BCUT2D eigenvalue weighted by Gasteiger charge is 2.22. The molecular formula is C15H11ClFNO4S. The molecule has 23 heavy (non-hydrogen) atoms. The predicted octanol–water partition coefficient (Wildman–Crippen LogP) is 3.13. The summed E-state index contributed by atoms with van der Waals surface area (Å²) in [7, 11) is -4.12. The van der Waals surface area contributed by atoms with Crippen molar-refractivity contribution in [3.8, 4) is 5.75 Å². The molecule has 1 aliphatic rings. The van der Waals surface area contributed by atoms with Gasteiger partial charge in [0.1, 0.15) is 10.7 Å². The summed E-state index contributed by atoms with van der Waals surface area (Å²) in [4.78, 5) is 11.3. The summed E-state index contributed by atoms with van der Waals surface area (Å²) in [6, 6.07) is 7.45. The Kier molecular flexibility index (Phi) is 3.99. The van der Waals surface area contributed by atoms with Gasteiger partial charge in [0.15, 0.2) is 5.75 Å². The van der Waals surface area contributed by atoms with Crippen molar-refractivity contribution in [3.63, 3.8) is 0 Å². The zero-order valence-corrected chi connectivity index (χ0v) is 13.2. The lowest BCUT2D eigenvalue weighted by atomic mass is 10.0. The monoisotopic (exact) mass is 355 g/mol. The van der Waals surface area contributed by atoms with E-state index in [9.17, 15) is 17.6 Å². The number of carbonyl (C=O) groups is 1. The summed E-state index contributed by atoms with van der Waals surface area (Å²) in [5.41, 5.74) is 1.29. The Hall–Kier alpha value is -2.12. The van der Waals surface area contributed by atoms with Crippen LogP contribution in [0, 0.1) is 5.82 Å². The van der Waals surface area contributed by atoms with Crippen LogP contribution in [0.5, 0.6) is 5.75 Å². The van der Waals surface area contributed by atoms with E-state index >= 15 is 0 Å². The maximum Gasteiger partial charge on any atom is 0.339 e. The van der Waals surface area contributed by atoms with Crippen molar-refractivity contribution in [2.45, 2.75) is 17.7 Å². The summed E-state index contributed by atoms with van der Waals surface area (Å²) >= 11 is 5.78. The van der Waals surface area contributed by atoms with Crippen molar-refractivity contribution in [3.05, 3.63) is 52.8 Å². The van der Waals surface area contributed by atoms with Crippen LogP contribution < -0.4 is 9.50 Å². The predicted molar refractivity (Wildman–Crippen MR) is 82.6 cm³/mol. The summed E-state index contributed by atoms with van der Waals surface area (Å²) in [5.74, 6) is -0.856. The number of anilines is 1. The van der Waals surface area contributed by atoms with Crippen LogP contribution in [0.15, 0.2) is 41.3 Å². The molecule has 0 saturated carbocycles. The molecule has 2 aromatic rings. The van der Waals surface area contributed by atoms with Gasteiger partial charge in [-0.1, -0.05) is 11.6 Å². The van der Waals surface area contributed by atoms with E-state index in [2.05, 4.69) is 5.32 Å². The molecule has 1 aliphatic heterocycles. The van der Waals surface area contributed by atoms with Crippen LogP contribution in [0.1, 0.15) is 12.0 Å². The summed E-state index contributed by atoms with van der Waals surface area (Å²) in [6.07, 6.45) is 0.739. The average molecular weight is 356 g/mol. The first-order valence-electron chi connectivity index (χ1n) is 6.67. The van der Waals surface area contributed by atoms with Crippen molar-refractivity contribution in [2.24, 2.45) is 0 Å². The van der Waals surface area contributed by atoms with Crippen LogP contribution in [0.4, 0.5) is 10.1 Å². The van der Waals surface area contributed by atoms with Gasteiger partial charge < -0.3 is 9.50 Å². The standard InChI is InChI=1S/C15H11ClFNO4S/c16-12-8-10(17)2-5-14(12)22-23(20,21)11-3-4-13-9(7-11)1-6-15(19)18-13/h2-5,7-8H,1,6H2,(H,18,19). The van der Waals surface area contributed by atoms with E-state index in [0.717, 1.165) is 18.2 Å². The average Bonchev–Trinajstić information content (AvgIpc) is 2.49. The van der Waals surface area contributed by atoms with Gasteiger partial charge in [0, 0.05) is 12.1 Å². The SMILES string of the molecule is O=C1CCc2cc(S(=O)(=O)Oc3ccc(F)cc3Cl)ccc2N1. The number of nitrogens with one attached hydrogen (secondary N) is 1. The third kappa shape index (κ3) is 3.30. The van der Waals surface area contributed by atoms with Crippen LogP contribution in [-0.4, -0.2) is 14.3 Å². The van der Waals surface area contributed by atoms with Crippen LogP contribution >= 0.6 is 11.6 Å². The molecule has 120 valence electrons. The smallest absolute Gasteiger partial charge is 0.339 e. The Morgan fingerprint density at radius 1 is 1.13 bits per heavy atom. The molecule has 0 radical (unpaired) electrons. The van der Waals surface area contributed by atoms with E-state index in [4.69, 9.17) is 15.8 Å². The largest absolute Gasteiger partial charge is 0.377 e. The quantitative estimate of drug-likeness (QED) is 0.858. The van der Waals surface area contributed by atoms with Gasteiger partial charge in [-0.05, 0) is 48.4 Å². The highest BCUT2D eigenvalue weighted by Crippen LogP contribution is 2.30. The minimum Gasteiger partial charge on any atom is -0.377 e. The Labute approximate surface area is 137 Å². The molecule has 0 bridgehead atoms. The van der Waals surface area contributed by atoms with Crippen LogP contribution in [0.25, 0.3) is 0 Å². The van der Waals surface area contributed by atoms with Gasteiger partial charge in [-0.3, -0.25) is 4.79 Å². The van der Waals surface area contributed by atoms with Crippen molar-refractivity contribution in [2.75, 3.05) is 5.32 Å². The maximum absolute atomic E-state index is 13.0. The molecule has 0 aromatic heterocycles. The Bertz CT molecular complexity index is 898. The molecule has 0 spiro atoms. The molecular weight excluding hydrogens is 345 g/mol. The van der Waals surface area contributed by atoms with E-state index in [1.165, 1.54) is 18.2 Å². The fourth-order valence-electron chi connectivity index (χ4n) is 2.22.